The first kappa shape index (κ1) is 18.3. The van der Waals surface area contributed by atoms with E-state index in [-0.39, 0.29) is 0 Å². The highest BCUT2D eigenvalue weighted by Crippen LogP contribution is 2.39. The summed E-state index contributed by atoms with van der Waals surface area (Å²) in [6, 6.07) is 0. The molecule has 1 unspecified atom stereocenters. The monoisotopic (exact) mass is 310 g/mol. The minimum atomic E-state index is 0.334. The zero-order valence-electron chi connectivity index (χ0n) is 15.3. The second kappa shape index (κ2) is 8.68. The lowest BCUT2D eigenvalue weighted by molar-refractivity contribution is -0.0823. The average molecular weight is 311 g/mol. The van der Waals surface area contributed by atoms with Gasteiger partial charge in [-0.25, -0.2) is 0 Å². The predicted octanol–water partition coefficient (Wildman–Crippen LogP) is 4.90. The summed E-state index contributed by atoms with van der Waals surface area (Å²) in [5, 5.41) is 9.70. The zero-order chi connectivity index (χ0) is 16.1. The molecule has 0 aromatic carbocycles. The molecule has 5 atom stereocenters. The van der Waals surface area contributed by atoms with E-state index < -0.39 is 0 Å². The molecule has 2 fully saturated rings. The van der Waals surface area contributed by atoms with E-state index in [0.717, 1.165) is 24.4 Å². The lowest BCUT2D eigenvalue weighted by Gasteiger charge is -2.41. The molecule has 0 aliphatic heterocycles. The van der Waals surface area contributed by atoms with Crippen LogP contribution in [0.25, 0.3) is 0 Å². The molecule has 0 bridgehead atoms. The lowest BCUT2D eigenvalue weighted by atomic mass is 9.71. The Balaban J connectivity index is 1.93. The van der Waals surface area contributed by atoms with Crippen molar-refractivity contribution in [3.05, 3.63) is 0 Å². The van der Waals surface area contributed by atoms with Crippen LogP contribution in [0.5, 0.6) is 0 Å². The van der Waals surface area contributed by atoms with Gasteiger partial charge in [0.05, 0.1) is 12.7 Å². The van der Waals surface area contributed by atoms with Gasteiger partial charge in [0.2, 0.25) is 0 Å². The van der Waals surface area contributed by atoms with Crippen molar-refractivity contribution in [2.45, 2.75) is 78.7 Å². The molecule has 22 heavy (non-hydrogen) atoms. The highest BCUT2D eigenvalue weighted by atomic mass is 16.5. The first-order valence-electron chi connectivity index (χ1n) is 9.77. The summed E-state index contributed by atoms with van der Waals surface area (Å²) in [5.74, 6) is 3.99. The maximum Gasteiger partial charge on any atom is 0.0609 e. The SMILES string of the molecule is CC(C)[C@H]1C(OC[C@H]2CCCC[C@@H]2C(C)C)CCC[C@H]1CO. The molecule has 130 valence electrons. The van der Waals surface area contributed by atoms with E-state index in [1.807, 2.05) is 0 Å². The Morgan fingerprint density at radius 1 is 0.864 bits per heavy atom. The number of hydrogen-bond donors (Lipinski definition) is 1. The molecule has 0 aromatic heterocycles. The van der Waals surface area contributed by atoms with Crippen molar-refractivity contribution in [2.24, 2.45) is 35.5 Å². The molecule has 2 nitrogen and oxygen atoms in total. The topological polar surface area (TPSA) is 29.5 Å². The fourth-order valence-electron chi connectivity index (χ4n) is 5.22. The van der Waals surface area contributed by atoms with Gasteiger partial charge >= 0.3 is 0 Å². The van der Waals surface area contributed by atoms with Crippen LogP contribution in [0.3, 0.4) is 0 Å². The number of rotatable bonds is 6. The van der Waals surface area contributed by atoms with E-state index in [0.29, 0.717) is 30.5 Å². The predicted molar refractivity (Wildman–Crippen MR) is 92.8 cm³/mol. The Labute approximate surface area is 138 Å². The quantitative estimate of drug-likeness (QED) is 0.756. The summed E-state index contributed by atoms with van der Waals surface area (Å²) in [6.07, 6.45) is 9.50. The molecule has 0 heterocycles. The number of aliphatic hydroxyl groups excluding tert-OH is 1. The summed E-state index contributed by atoms with van der Waals surface area (Å²) in [7, 11) is 0. The van der Waals surface area contributed by atoms with Gasteiger partial charge in [-0.15, -0.1) is 0 Å². The molecule has 2 aliphatic rings. The summed E-state index contributed by atoms with van der Waals surface area (Å²) < 4.78 is 6.50. The van der Waals surface area contributed by atoms with E-state index in [9.17, 15) is 5.11 Å². The number of ether oxygens (including phenoxy) is 1. The molecular formula is C20H38O2. The maximum absolute atomic E-state index is 9.70. The van der Waals surface area contributed by atoms with Crippen LogP contribution in [-0.4, -0.2) is 24.4 Å². The summed E-state index contributed by atoms with van der Waals surface area (Å²) in [6.45, 7) is 10.6. The lowest BCUT2D eigenvalue weighted by Crippen LogP contribution is -2.41. The van der Waals surface area contributed by atoms with E-state index in [1.165, 1.54) is 44.9 Å². The van der Waals surface area contributed by atoms with Crippen molar-refractivity contribution >= 4 is 0 Å². The van der Waals surface area contributed by atoms with Gasteiger partial charge in [0.15, 0.2) is 0 Å². The van der Waals surface area contributed by atoms with Crippen LogP contribution in [0.15, 0.2) is 0 Å². The molecule has 2 aliphatic carbocycles. The van der Waals surface area contributed by atoms with Gasteiger partial charge in [0.25, 0.3) is 0 Å². The molecule has 2 saturated carbocycles. The first-order valence-corrected chi connectivity index (χ1v) is 9.77. The van der Waals surface area contributed by atoms with Crippen LogP contribution >= 0.6 is 0 Å². The summed E-state index contributed by atoms with van der Waals surface area (Å²) in [4.78, 5) is 0. The van der Waals surface area contributed by atoms with Crippen LogP contribution in [0, 0.1) is 35.5 Å². The van der Waals surface area contributed by atoms with Gasteiger partial charge in [0, 0.05) is 6.61 Å². The third-order valence-electron chi connectivity index (χ3n) is 6.39. The molecule has 0 radical (unpaired) electrons. The van der Waals surface area contributed by atoms with Crippen molar-refractivity contribution in [1.29, 1.82) is 0 Å². The molecular weight excluding hydrogens is 272 g/mol. The van der Waals surface area contributed by atoms with Crippen molar-refractivity contribution < 1.29 is 9.84 Å². The van der Waals surface area contributed by atoms with E-state index in [1.54, 1.807) is 0 Å². The van der Waals surface area contributed by atoms with Crippen molar-refractivity contribution in [2.75, 3.05) is 13.2 Å². The van der Waals surface area contributed by atoms with Crippen LogP contribution in [-0.2, 0) is 4.74 Å². The summed E-state index contributed by atoms with van der Waals surface area (Å²) in [5.41, 5.74) is 0. The third-order valence-corrected chi connectivity index (χ3v) is 6.39. The normalized spacial score (nSPS) is 37.0. The van der Waals surface area contributed by atoms with Gasteiger partial charge in [-0.2, -0.15) is 0 Å². The molecule has 0 saturated heterocycles. The highest BCUT2D eigenvalue weighted by molar-refractivity contribution is 4.86. The Bertz CT molecular complexity index is 313. The van der Waals surface area contributed by atoms with Gasteiger partial charge in [-0.05, 0) is 61.2 Å². The van der Waals surface area contributed by atoms with Crippen LogP contribution < -0.4 is 0 Å². The number of hydrogen-bond acceptors (Lipinski definition) is 2. The first-order chi connectivity index (χ1) is 10.5. The fraction of sp³-hybridized carbons (Fsp3) is 1.00. The Morgan fingerprint density at radius 3 is 2.18 bits per heavy atom. The van der Waals surface area contributed by atoms with Gasteiger partial charge in [0.1, 0.15) is 0 Å². The van der Waals surface area contributed by atoms with Crippen molar-refractivity contribution in [1.82, 2.24) is 0 Å². The molecule has 0 aromatic rings. The Hall–Kier alpha value is -0.0800. The standard InChI is InChI=1S/C20H38O2/c1-14(2)18-10-6-5-8-17(18)13-22-19-11-7-9-16(12-21)20(19)15(3)4/h14-21H,5-13H2,1-4H3/t16-,17+,18+,19?,20+/m0/s1. The van der Waals surface area contributed by atoms with Crippen LogP contribution in [0.4, 0.5) is 0 Å². The molecule has 0 amide bonds. The molecule has 1 N–H and O–H groups in total. The average Bonchev–Trinajstić information content (AvgIpc) is 2.52. The maximum atomic E-state index is 9.70. The smallest absolute Gasteiger partial charge is 0.0609 e. The van der Waals surface area contributed by atoms with Gasteiger partial charge in [-0.1, -0.05) is 47.0 Å². The van der Waals surface area contributed by atoms with E-state index >= 15 is 0 Å². The second-order valence-electron chi connectivity index (χ2n) is 8.52. The third kappa shape index (κ3) is 4.47. The fourth-order valence-corrected chi connectivity index (χ4v) is 5.22. The largest absolute Gasteiger partial charge is 0.396 e. The van der Waals surface area contributed by atoms with E-state index in [2.05, 4.69) is 27.7 Å². The van der Waals surface area contributed by atoms with Gasteiger partial charge < -0.3 is 9.84 Å². The molecule has 2 rings (SSSR count). The molecule has 0 spiro atoms. The zero-order valence-corrected chi connectivity index (χ0v) is 15.3. The molecule has 2 heteroatoms. The van der Waals surface area contributed by atoms with Gasteiger partial charge in [-0.3, -0.25) is 0 Å². The minimum Gasteiger partial charge on any atom is -0.396 e. The van der Waals surface area contributed by atoms with Crippen LogP contribution in [0.1, 0.15) is 72.6 Å². The van der Waals surface area contributed by atoms with Crippen molar-refractivity contribution in [3.8, 4) is 0 Å². The van der Waals surface area contributed by atoms with Crippen LogP contribution in [0.2, 0.25) is 0 Å². The Morgan fingerprint density at radius 2 is 1.55 bits per heavy atom. The number of aliphatic hydroxyl groups is 1. The minimum absolute atomic E-state index is 0.334. The van der Waals surface area contributed by atoms with Crippen molar-refractivity contribution in [3.63, 3.8) is 0 Å². The van der Waals surface area contributed by atoms with E-state index in [4.69, 9.17) is 4.74 Å². The highest BCUT2D eigenvalue weighted by Gasteiger charge is 2.36. The summed E-state index contributed by atoms with van der Waals surface area (Å²) >= 11 is 0. The Kier molecular flexibility index (Phi) is 7.21. The second-order valence-corrected chi connectivity index (χ2v) is 8.52.